The molecule has 1 aromatic heterocycles. The van der Waals surface area contributed by atoms with Crippen molar-refractivity contribution < 1.29 is 48.3 Å². The van der Waals surface area contributed by atoms with Gasteiger partial charge >= 0.3 is 11.7 Å². The zero-order valence-electron chi connectivity index (χ0n) is 17.1. The summed E-state index contributed by atoms with van der Waals surface area (Å²) >= 11 is 0. The van der Waals surface area contributed by atoms with E-state index in [1.807, 2.05) is 0 Å². The number of carbonyl (C=O) groups is 1. The number of halogens is 8. The average Bonchev–Trinajstić information content (AvgIpc) is 2.75. The Balaban J connectivity index is 1.80. The minimum atomic E-state index is -5.49. The normalized spacial score (nSPS) is 15.2. The molecule has 0 atom stereocenters. The molecule has 0 saturated carbocycles. The lowest BCUT2D eigenvalue weighted by molar-refractivity contribution is -0.141. The van der Waals surface area contributed by atoms with Crippen LogP contribution in [0.2, 0.25) is 0 Å². The van der Waals surface area contributed by atoms with Crippen LogP contribution < -0.4 is 0 Å². The molecule has 186 valence electrons. The Morgan fingerprint density at radius 2 is 1.68 bits per heavy atom. The second-order valence-electron chi connectivity index (χ2n) is 7.53. The number of hydrogen-bond donors (Lipinski definition) is 0. The minimum Gasteiger partial charge on any atom is -0.338 e. The van der Waals surface area contributed by atoms with Gasteiger partial charge in [-0.15, -0.1) is 0 Å². The second-order valence-corrected chi connectivity index (χ2v) is 9.63. The van der Waals surface area contributed by atoms with Gasteiger partial charge in [-0.2, -0.15) is 35.1 Å². The Morgan fingerprint density at radius 3 is 2.24 bits per heavy atom. The third kappa shape index (κ3) is 5.15. The lowest BCUT2D eigenvalue weighted by Crippen LogP contribution is -2.38. The van der Waals surface area contributed by atoms with Gasteiger partial charge in [0, 0.05) is 36.8 Å². The van der Waals surface area contributed by atoms with Crippen molar-refractivity contribution in [2.45, 2.75) is 37.0 Å². The first kappa shape index (κ1) is 25.8. The molecule has 3 rings (SSSR count). The van der Waals surface area contributed by atoms with Gasteiger partial charge in [-0.05, 0) is 29.7 Å². The highest BCUT2D eigenvalue weighted by atomic mass is 32.2. The van der Waals surface area contributed by atoms with Gasteiger partial charge in [0.1, 0.15) is 5.69 Å². The minimum absolute atomic E-state index is 0.118. The molecule has 5 nitrogen and oxygen atoms in total. The topological polar surface area (TPSA) is 67.3 Å². The van der Waals surface area contributed by atoms with Gasteiger partial charge in [-0.3, -0.25) is 9.78 Å². The number of amides is 1. The SMILES string of the molecule is O=C(CCS(=O)(=O)C(F)(F)F)N1CCc2c(cccc2C(F)(F)c2ccc(C(F)(F)F)nc2)C1. The first-order chi connectivity index (χ1) is 15.5. The molecular formula is C20H16F8N2O3S. The molecule has 1 aromatic carbocycles. The van der Waals surface area contributed by atoms with Crippen LogP contribution in [0.15, 0.2) is 36.5 Å². The number of carbonyl (C=O) groups excluding carboxylic acids is 1. The van der Waals surface area contributed by atoms with Crippen molar-refractivity contribution in [3.05, 3.63) is 64.5 Å². The maximum absolute atomic E-state index is 15.1. The van der Waals surface area contributed by atoms with Gasteiger partial charge in [0.25, 0.3) is 5.92 Å². The maximum Gasteiger partial charge on any atom is 0.497 e. The number of benzene rings is 1. The van der Waals surface area contributed by atoms with Crippen LogP contribution in [0.3, 0.4) is 0 Å². The van der Waals surface area contributed by atoms with Gasteiger partial charge < -0.3 is 4.90 Å². The van der Waals surface area contributed by atoms with Crippen LogP contribution in [0, 0.1) is 0 Å². The van der Waals surface area contributed by atoms with Crippen LogP contribution in [-0.2, 0) is 39.7 Å². The molecule has 0 N–H and O–H groups in total. The Bertz CT molecular complexity index is 1180. The Kier molecular flexibility index (Phi) is 6.68. The largest absolute Gasteiger partial charge is 0.497 e. The van der Waals surface area contributed by atoms with E-state index in [-0.39, 0.29) is 30.6 Å². The number of nitrogens with zero attached hydrogens (tertiary/aromatic N) is 2. The van der Waals surface area contributed by atoms with Crippen LogP contribution in [0.5, 0.6) is 0 Å². The highest BCUT2D eigenvalue weighted by Crippen LogP contribution is 2.40. The van der Waals surface area contributed by atoms with Crippen molar-refractivity contribution >= 4 is 15.7 Å². The molecule has 1 aliphatic rings. The predicted octanol–water partition coefficient (Wildman–Crippen LogP) is 4.45. The van der Waals surface area contributed by atoms with Crippen molar-refractivity contribution in [2.75, 3.05) is 12.3 Å². The van der Waals surface area contributed by atoms with Crippen molar-refractivity contribution in [3.8, 4) is 0 Å². The highest BCUT2D eigenvalue weighted by Gasteiger charge is 2.45. The van der Waals surface area contributed by atoms with E-state index in [0.29, 0.717) is 18.3 Å². The molecule has 14 heteroatoms. The highest BCUT2D eigenvalue weighted by molar-refractivity contribution is 7.92. The van der Waals surface area contributed by atoms with Gasteiger partial charge in [0.05, 0.1) is 5.75 Å². The number of sulfone groups is 1. The van der Waals surface area contributed by atoms with E-state index >= 15 is 8.78 Å². The molecule has 34 heavy (non-hydrogen) atoms. The maximum atomic E-state index is 15.1. The second kappa shape index (κ2) is 8.78. The smallest absolute Gasteiger partial charge is 0.338 e. The molecule has 0 bridgehead atoms. The fourth-order valence-electron chi connectivity index (χ4n) is 3.51. The molecule has 2 heterocycles. The number of rotatable bonds is 5. The fourth-order valence-corrected chi connectivity index (χ4v) is 4.19. The van der Waals surface area contributed by atoms with Gasteiger partial charge in [-0.25, -0.2) is 8.42 Å². The van der Waals surface area contributed by atoms with Crippen molar-refractivity contribution in [1.82, 2.24) is 9.88 Å². The van der Waals surface area contributed by atoms with E-state index in [2.05, 4.69) is 4.98 Å². The summed E-state index contributed by atoms with van der Waals surface area (Å²) < 4.78 is 128. The van der Waals surface area contributed by atoms with Gasteiger partial charge in [0.2, 0.25) is 15.7 Å². The summed E-state index contributed by atoms with van der Waals surface area (Å²) in [6.45, 7) is -0.397. The van der Waals surface area contributed by atoms with Crippen LogP contribution >= 0.6 is 0 Å². The van der Waals surface area contributed by atoms with Crippen LogP contribution in [0.1, 0.15) is 34.4 Å². The van der Waals surface area contributed by atoms with Crippen molar-refractivity contribution in [2.24, 2.45) is 0 Å². The molecule has 0 unspecified atom stereocenters. The summed E-state index contributed by atoms with van der Waals surface area (Å²) in [5.74, 6) is -6.03. The first-order valence-corrected chi connectivity index (χ1v) is 11.3. The van der Waals surface area contributed by atoms with E-state index in [4.69, 9.17) is 0 Å². The quantitative estimate of drug-likeness (QED) is 0.551. The first-order valence-electron chi connectivity index (χ1n) is 9.63. The average molecular weight is 516 g/mol. The van der Waals surface area contributed by atoms with E-state index in [1.165, 1.54) is 12.1 Å². The predicted molar refractivity (Wildman–Crippen MR) is 102 cm³/mol. The van der Waals surface area contributed by atoms with Gasteiger partial charge in [-0.1, -0.05) is 18.2 Å². The number of pyridine rings is 1. The standard InChI is InChI=1S/C20H16F8N2O3S/c21-18(22,13-4-5-16(29-10-13)19(23,24)25)15-3-1-2-12-11-30(8-6-14(12)15)17(31)7-9-34(32,33)20(26,27)28/h1-5,10H,6-9,11H2. The Labute approximate surface area is 188 Å². The van der Waals surface area contributed by atoms with Crippen LogP contribution in [0.4, 0.5) is 35.1 Å². The summed E-state index contributed by atoms with van der Waals surface area (Å²) in [4.78, 5) is 16.4. The van der Waals surface area contributed by atoms with Crippen LogP contribution in [-0.4, -0.2) is 42.0 Å². The fraction of sp³-hybridized carbons (Fsp3) is 0.400. The van der Waals surface area contributed by atoms with Crippen molar-refractivity contribution in [3.63, 3.8) is 0 Å². The van der Waals surface area contributed by atoms with E-state index in [9.17, 15) is 39.6 Å². The van der Waals surface area contributed by atoms with E-state index in [1.54, 1.807) is 0 Å². The molecule has 1 amide bonds. The molecule has 0 radical (unpaired) electrons. The summed E-state index contributed by atoms with van der Waals surface area (Å²) in [6, 6.07) is 4.82. The summed E-state index contributed by atoms with van der Waals surface area (Å²) in [5, 5.41) is 0. The molecule has 0 aliphatic carbocycles. The zero-order valence-corrected chi connectivity index (χ0v) is 17.9. The molecule has 2 aromatic rings. The summed E-state index contributed by atoms with van der Waals surface area (Å²) in [5.41, 5.74) is -7.70. The Hall–Kier alpha value is -2.77. The lowest BCUT2D eigenvalue weighted by Gasteiger charge is -2.32. The number of aromatic nitrogens is 1. The zero-order chi connectivity index (χ0) is 25.5. The van der Waals surface area contributed by atoms with Crippen molar-refractivity contribution in [1.29, 1.82) is 0 Å². The molecular weight excluding hydrogens is 500 g/mol. The molecule has 0 saturated heterocycles. The molecule has 0 fully saturated rings. The number of fused-ring (bicyclic) bond motifs is 1. The monoisotopic (exact) mass is 516 g/mol. The third-order valence-electron chi connectivity index (χ3n) is 5.31. The van der Waals surface area contributed by atoms with Gasteiger partial charge in [0.15, 0.2) is 0 Å². The summed E-state index contributed by atoms with van der Waals surface area (Å²) in [7, 11) is -5.48. The lowest BCUT2D eigenvalue weighted by atomic mass is 9.89. The van der Waals surface area contributed by atoms with Crippen LogP contribution in [0.25, 0.3) is 0 Å². The Morgan fingerprint density at radius 1 is 1.00 bits per heavy atom. The molecule has 1 aliphatic heterocycles. The number of alkyl halides is 8. The number of hydrogen-bond acceptors (Lipinski definition) is 4. The van der Waals surface area contributed by atoms with E-state index in [0.717, 1.165) is 11.0 Å². The molecule has 0 spiro atoms. The third-order valence-corrected chi connectivity index (χ3v) is 6.76. The van der Waals surface area contributed by atoms with E-state index < -0.39 is 62.3 Å². The summed E-state index contributed by atoms with van der Waals surface area (Å²) in [6.07, 6.45) is -5.41.